The molecule has 21 heteroatoms. The van der Waals surface area contributed by atoms with Crippen molar-refractivity contribution in [2.45, 2.75) is 198 Å². The molecule has 0 saturated carbocycles. The van der Waals surface area contributed by atoms with Gasteiger partial charge in [-0.15, -0.1) is 5.10 Å². The van der Waals surface area contributed by atoms with Gasteiger partial charge in [-0.1, -0.05) is 38.1 Å². The number of methoxy groups -OCH3 is 1. The molecule has 5 heterocycles. The summed E-state index contributed by atoms with van der Waals surface area (Å²) in [5.74, 6) is -3.33. The molecule has 0 bridgehead atoms. The minimum atomic E-state index is -1.85. The Kier molecular flexibility index (Phi) is 19.3. The highest BCUT2D eigenvalue weighted by atomic mass is 19.1. The molecule has 2 aromatic rings. The number of aliphatic hydroxyl groups is 5. The Hall–Kier alpha value is -3.71. The van der Waals surface area contributed by atoms with Crippen LogP contribution in [0.5, 0.6) is 0 Å². The van der Waals surface area contributed by atoms with Gasteiger partial charge in [0.25, 0.3) is 0 Å². The zero-order valence-corrected chi connectivity index (χ0v) is 44.9. The lowest BCUT2D eigenvalue weighted by Gasteiger charge is -2.49. The molecular formula is C52H83FN6O14. The quantitative estimate of drug-likeness (QED) is 0.180. The maximum Gasteiger partial charge on any atom is 0.414 e. The monoisotopic (exact) mass is 1030 g/mol. The molecule has 1 amide bonds. The summed E-state index contributed by atoms with van der Waals surface area (Å²) in [7, 11) is 5.19. The maximum atomic E-state index is 14.5. The van der Waals surface area contributed by atoms with Gasteiger partial charge in [0.15, 0.2) is 12.6 Å². The van der Waals surface area contributed by atoms with Crippen molar-refractivity contribution in [1.82, 2.24) is 24.8 Å². The summed E-state index contributed by atoms with van der Waals surface area (Å²) in [5, 5.41) is 68.1. The number of nitrogens with zero attached hydrogens (tertiary/aromatic N) is 6. The Balaban J connectivity index is 1.23. The molecule has 412 valence electrons. The Bertz CT molecular complexity index is 2170. The van der Waals surface area contributed by atoms with E-state index in [4.69, 9.17) is 33.2 Å². The normalized spacial score (nSPS) is 40.9. The number of likely N-dealkylation sites (N-methyl/N-ethyl adjacent to an activating group) is 2. The van der Waals surface area contributed by atoms with Crippen molar-refractivity contribution in [2.24, 2.45) is 17.8 Å². The summed E-state index contributed by atoms with van der Waals surface area (Å²) in [6.07, 6.45) is -5.13. The molecule has 4 fully saturated rings. The number of esters is 1. The van der Waals surface area contributed by atoms with E-state index in [0.29, 0.717) is 30.9 Å². The van der Waals surface area contributed by atoms with Crippen molar-refractivity contribution in [1.29, 1.82) is 0 Å². The highest BCUT2D eigenvalue weighted by molar-refractivity contribution is 5.89. The van der Waals surface area contributed by atoms with Crippen LogP contribution in [0, 0.1) is 23.6 Å². The lowest BCUT2D eigenvalue weighted by Crippen LogP contribution is -2.60. The summed E-state index contributed by atoms with van der Waals surface area (Å²) >= 11 is 0. The molecule has 0 spiro atoms. The van der Waals surface area contributed by atoms with Gasteiger partial charge in [-0.2, -0.15) is 0 Å². The predicted octanol–water partition coefficient (Wildman–Crippen LogP) is 3.74. The Labute approximate surface area is 429 Å². The Morgan fingerprint density at radius 2 is 1.68 bits per heavy atom. The van der Waals surface area contributed by atoms with E-state index in [1.54, 1.807) is 71.5 Å². The van der Waals surface area contributed by atoms with Crippen molar-refractivity contribution < 1.29 is 72.7 Å². The Morgan fingerprint density at radius 1 is 0.973 bits per heavy atom. The second-order valence-corrected chi connectivity index (χ2v) is 22.0. The van der Waals surface area contributed by atoms with Crippen molar-refractivity contribution >= 4 is 23.8 Å². The third-order valence-electron chi connectivity index (χ3n) is 15.7. The lowest BCUT2D eigenvalue weighted by atomic mass is 9.77. The molecule has 0 radical (unpaired) electrons. The van der Waals surface area contributed by atoms with Gasteiger partial charge < -0.3 is 63.6 Å². The van der Waals surface area contributed by atoms with Crippen LogP contribution in [-0.4, -0.2) is 200 Å². The average Bonchev–Trinajstić information content (AvgIpc) is 3.94. The Morgan fingerprint density at radius 3 is 2.36 bits per heavy atom. The van der Waals surface area contributed by atoms with Gasteiger partial charge in [0.1, 0.15) is 47.6 Å². The van der Waals surface area contributed by atoms with E-state index in [9.17, 15) is 39.5 Å². The fourth-order valence-corrected chi connectivity index (χ4v) is 11.3. The van der Waals surface area contributed by atoms with Gasteiger partial charge in [0, 0.05) is 44.6 Å². The second kappa shape index (κ2) is 24.1. The van der Waals surface area contributed by atoms with E-state index in [1.165, 1.54) is 37.1 Å². The standard InChI is InChI=1S/C52H83FN6O14/c1-14-40-52(10,66)44(61)33(6)57(12)25-29(2)23-50(8,65)46(31(4)43(32(5)47(63)71-40)72-41-24-51(9,67-13)45(62)34(7)69-41)73-48-42(60)39(21-30(3)68-48)56(11)20-16-18-36-26-58(55-54-36)27-38-28-59(49(64)70-38)37-19-15-17-35(53)22-37/h15-19,22,26,29-34,38-46,48,60-62,65-66H,14,20-21,23-25,27-28H2,1-13H3/b18-16+/t29-,30-,31+,32-,33-,34+,38+,39+,40-,41+,42-,43+,44-,45+,46-,48+,50-,51-,52-/m1/s1. The van der Waals surface area contributed by atoms with E-state index in [-0.39, 0.29) is 38.3 Å². The number of amides is 1. The van der Waals surface area contributed by atoms with Crippen LogP contribution >= 0.6 is 0 Å². The number of aromatic nitrogens is 3. The molecule has 19 atom stereocenters. The highest BCUT2D eigenvalue weighted by Crippen LogP contribution is 2.40. The van der Waals surface area contributed by atoms with Crippen molar-refractivity contribution in [3.63, 3.8) is 0 Å². The summed E-state index contributed by atoms with van der Waals surface area (Å²) < 4.78 is 59.1. The van der Waals surface area contributed by atoms with Gasteiger partial charge in [0.2, 0.25) is 0 Å². The van der Waals surface area contributed by atoms with Crippen molar-refractivity contribution in [3.05, 3.63) is 48.0 Å². The minimum absolute atomic E-state index is 0.0836. The van der Waals surface area contributed by atoms with Crippen LogP contribution in [0.4, 0.5) is 14.9 Å². The number of carbonyl (C=O) groups excluding carboxylic acids is 2. The molecule has 5 N–H and O–H groups in total. The molecule has 1 aromatic heterocycles. The van der Waals surface area contributed by atoms with E-state index >= 15 is 0 Å². The van der Waals surface area contributed by atoms with Crippen LogP contribution < -0.4 is 4.90 Å². The van der Waals surface area contributed by atoms with E-state index < -0.39 is 126 Å². The topological polar surface area (TPSA) is 240 Å². The molecular weight excluding hydrogens is 952 g/mol. The van der Waals surface area contributed by atoms with Gasteiger partial charge in [0.05, 0.1) is 66.5 Å². The van der Waals surface area contributed by atoms with Crippen LogP contribution in [0.25, 0.3) is 6.08 Å². The molecule has 73 heavy (non-hydrogen) atoms. The highest BCUT2D eigenvalue weighted by Gasteiger charge is 2.53. The SMILES string of the molecule is CC[C@H]1OC(=O)[C@H](C)[C@@H](O[C@H]2C[C@@](C)(OC)[C@@H](O)[C@H](C)O2)[C@H](C)[C@@H](O[C@@H]2O[C@H](C)C[C@H](N(C)C/C=C/c3cn(C[C@H]4CN(c5cccc(F)c5)C(=O)O4)nn3)[C@H]2O)[C@](C)(O)C[C@@H](C)CN(C)[C@H](C)[C@@H](O)[C@]1(C)O. The first-order valence-electron chi connectivity index (χ1n) is 25.8. The zero-order valence-electron chi connectivity index (χ0n) is 44.9. The van der Waals surface area contributed by atoms with Crippen LogP contribution in [0.3, 0.4) is 0 Å². The maximum absolute atomic E-state index is 14.5. The number of anilines is 1. The molecule has 4 saturated heterocycles. The lowest BCUT2D eigenvalue weighted by molar-refractivity contribution is -0.318. The van der Waals surface area contributed by atoms with Gasteiger partial charge in [-0.25, -0.2) is 13.9 Å². The average molecular weight is 1040 g/mol. The first-order chi connectivity index (χ1) is 34.2. The summed E-state index contributed by atoms with van der Waals surface area (Å²) in [6, 6.07) is 4.68. The summed E-state index contributed by atoms with van der Waals surface area (Å²) in [4.78, 5) is 32.3. The molecule has 20 nitrogen and oxygen atoms in total. The number of ether oxygens (including phenoxy) is 7. The predicted molar refractivity (Wildman–Crippen MR) is 266 cm³/mol. The molecule has 0 unspecified atom stereocenters. The van der Waals surface area contributed by atoms with Crippen LogP contribution in [0.1, 0.15) is 101 Å². The zero-order chi connectivity index (χ0) is 53.9. The third-order valence-corrected chi connectivity index (χ3v) is 15.7. The molecule has 0 aliphatic carbocycles. The molecule has 4 aliphatic heterocycles. The summed E-state index contributed by atoms with van der Waals surface area (Å²) in [6.45, 7) is 18.6. The first-order valence-corrected chi connectivity index (χ1v) is 25.8. The van der Waals surface area contributed by atoms with Crippen LogP contribution in [0.2, 0.25) is 0 Å². The fourth-order valence-electron chi connectivity index (χ4n) is 11.3. The van der Waals surface area contributed by atoms with Crippen LogP contribution in [-0.2, 0) is 44.5 Å². The second-order valence-electron chi connectivity index (χ2n) is 22.0. The molecule has 4 aliphatic rings. The van der Waals surface area contributed by atoms with E-state index in [1.807, 2.05) is 43.8 Å². The summed E-state index contributed by atoms with van der Waals surface area (Å²) in [5.41, 5.74) is -3.63. The van der Waals surface area contributed by atoms with Gasteiger partial charge in [-0.3, -0.25) is 14.6 Å². The molecule has 1 aromatic carbocycles. The number of hydrogen-bond acceptors (Lipinski definition) is 18. The van der Waals surface area contributed by atoms with Crippen LogP contribution in [0.15, 0.2) is 36.5 Å². The van der Waals surface area contributed by atoms with Gasteiger partial charge >= 0.3 is 12.1 Å². The number of aliphatic hydroxyl groups excluding tert-OH is 3. The van der Waals surface area contributed by atoms with E-state index in [0.717, 1.165) is 0 Å². The number of hydrogen-bond donors (Lipinski definition) is 5. The van der Waals surface area contributed by atoms with E-state index in [2.05, 4.69) is 10.3 Å². The number of cyclic esters (lactones) is 2. The van der Waals surface area contributed by atoms with Crippen molar-refractivity contribution in [2.75, 3.05) is 45.7 Å². The number of rotatable bonds is 13. The van der Waals surface area contributed by atoms with Gasteiger partial charge in [-0.05, 0) is 112 Å². The largest absolute Gasteiger partial charge is 0.459 e. The third kappa shape index (κ3) is 13.6. The fraction of sp³-hybridized carbons (Fsp3) is 0.769. The minimum Gasteiger partial charge on any atom is -0.459 e. The number of benzene rings is 1. The number of halogens is 1. The smallest absolute Gasteiger partial charge is 0.414 e. The number of carbonyl (C=O) groups is 2. The first kappa shape index (κ1) is 58.5. The van der Waals surface area contributed by atoms with Crippen molar-refractivity contribution in [3.8, 4) is 0 Å². The molecule has 6 rings (SSSR count).